The molecule has 0 aliphatic carbocycles. The van der Waals surface area contributed by atoms with Gasteiger partial charge in [0.15, 0.2) is 5.82 Å². The Morgan fingerprint density at radius 2 is 1.97 bits per heavy atom. The molecule has 0 atom stereocenters. The minimum atomic E-state index is -3.60. The van der Waals surface area contributed by atoms with Crippen molar-refractivity contribution in [1.29, 1.82) is 0 Å². The summed E-state index contributed by atoms with van der Waals surface area (Å²) in [5, 5.41) is 13.0. The molecule has 0 saturated carbocycles. The highest BCUT2D eigenvalue weighted by molar-refractivity contribution is 7.89. The van der Waals surface area contributed by atoms with Crippen molar-refractivity contribution in [2.24, 2.45) is 0 Å². The van der Waals surface area contributed by atoms with E-state index in [0.29, 0.717) is 17.1 Å². The monoisotopic (exact) mass is 478 g/mol. The van der Waals surface area contributed by atoms with Crippen LogP contribution in [0.5, 0.6) is 0 Å². The number of amides is 1. The summed E-state index contributed by atoms with van der Waals surface area (Å²) in [6.07, 6.45) is 4.61. The molecule has 1 amide bonds. The lowest BCUT2D eigenvalue weighted by Crippen LogP contribution is -2.23. The van der Waals surface area contributed by atoms with Gasteiger partial charge < -0.3 is 16.0 Å². The number of aromatic nitrogens is 4. The van der Waals surface area contributed by atoms with Gasteiger partial charge in [-0.25, -0.2) is 17.7 Å². The minimum Gasteiger partial charge on any atom is -0.365 e. The summed E-state index contributed by atoms with van der Waals surface area (Å²) in [5.41, 5.74) is 1.16. The molecule has 0 saturated heterocycles. The van der Waals surface area contributed by atoms with Gasteiger partial charge in [-0.3, -0.25) is 9.48 Å². The number of nitrogens with one attached hydrogen (secondary N) is 3. The number of hydrogen-bond donors (Lipinski definition) is 3. The van der Waals surface area contributed by atoms with Gasteiger partial charge in [0.05, 0.1) is 23.0 Å². The molecule has 0 aliphatic heterocycles. The molecular weight excluding hydrogens is 456 g/mol. The predicted octanol–water partition coefficient (Wildman–Crippen LogP) is 1.68. The first-order chi connectivity index (χ1) is 15.2. The van der Waals surface area contributed by atoms with Crippen molar-refractivity contribution in [3.8, 4) is 0 Å². The van der Waals surface area contributed by atoms with Crippen LogP contribution in [0.25, 0.3) is 0 Å². The first-order valence-corrected chi connectivity index (χ1v) is 11.3. The molecule has 0 aliphatic rings. The predicted molar refractivity (Wildman–Crippen MR) is 121 cm³/mol. The standard InChI is InChI=1S/C19H23ClN8O3S/c1-21-17(29)12-28-11-14(9-24-28)25-19-23-10-15(20)18(26-19)22-8-13-6-4-5-7-16(13)32(30,31)27(2)3/h4-7,9-11H,8,12H2,1-3H3,(H,21,29)(H2,22,23,25,26). The van der Waals surface area contributed by atoms with Crippen LogP contribution in [-0.2, 0) is 27.9 Å². The van der Waals surface area contributed by atoms with E-state index in [1.165, 1.54) is 31.2 Å². The molecule has 2 aromatic heterocycles. The number of halogens is 1. The second-order valence-electron chi connectivity index (χ2n) is 6.86. The minimum absolute atomic E-state index is 0.0850. The summed E-state index contributed by atoms with van der Waals surface area (Å²) in [4.78, 5) is 20.2. The van der Waals surface area contributed by atoms with E-state index in [-0.39, 0.29) is 34.9 Å². The third-order valence-electron chi connectivity index (χ3n) is 4.40. The Hall–Kier alpha value is -3.22. The molecule has 3 N–H and O–H groups in total. The molecule has 0 fully saturated rings. The number of hydrogen-bond acceptors (Lipinski definition) is 8. The van der Waals surface area contributed by atoms with Gasteiger partial charge in [-0.2, -0.15) is 10.1 Å². The van der Waals surface area contributed by atoms with Crippen molar-refractivity contribution in [3.63, 3.8) is 0 Å². The zero-order valence-corrected chi connectivity index (χ0v) is 19.3. The molecule has 0 bridgehead atoms. The molecule has 0 spiro atoms. The molecule has 3 aromatic rings. The van der Waals surface area contributed by atoms with Gasteiger partial charge in [-0.1, -0.05) is 29.8 Å². The second-order valence-corrected chi connectivity index (χ2v) is 9.39. The zero-order valence-electron chi connectivity index (χ0n) is 17.7. The van der Waals surface area contributed by atoms with Crippen LogP contribution in [0, 0.1) is 0 Å². The largest absolute Gasteiger partial charge is 0.365 e. The SMILES string of the molecule is CNC(=O)Cn1cc(Nc2ncc(Cl)c(NCc3ccccc3S(=O)(=O)N(C)C)n2)cn1. The van der Waals surface area contributed by atoms with Crippen LogP contribution in [0.2, 0.25) is 5.02 Å². The van der Waals surface area contributed by atoms with Crippen LogP contribution in [0.3, 0.4) is 0 Å². The van der Waals surface area contributed by atoms with Gasteiger partial charge in [0.1, 0.15) is 11.6 Å². The third kappa shape index (κ3) is 5.52. The highest BCUT2D eigenvalue weighted by Gasteiger charge is 2.20. The topological polar surface area (TPSA) is 134 Å². The molecule has 0 radical (unpaired) electrons. The Morgan fingerprint density at radius 3 is 2.69 bits per heavy atom. The lowest BCUT2D eigenvalue weighted by atomic mass is 10.2. The van der Waals surface area contributed by atoms with Gasteiger partial charge >= 0.3 is 0 Å². The number of anilines is 3. The Labute approximate surface area is 190 Å². The van der Waals surface area contributed by atoms with Gasteiger partial charge in [-0.15, -0.1) is 0 Å². The van der Waals surface area contributed by atoms with Crippen LogP contribution in [0.1, 0.15) is 5.56 Å². The van der Waals surface area contributed by atoms with E-state index in [1.54, 1.807) is 37.5 Å². The second kappa shape index (κ2) is 9.94. The van der Waals surface area contributed by atoms with E-state index in [0.717, 1.165) is 4.31 Å². The number of carbonyl (C=O) groups excluding carboxylic acids is 1. The van der Waals surface area contributed by atoms with E-state index >= 15 is 0 Å². The number of benzene rings is 1. The summed E-state index contributed by atoms with van der Waals surface area (Å²) in [6, 6.07) is 6.70. The highest BCUT2D eigenvalue weighted by atomic mass is 35.5. The van der Waals surface area contributed by atoms with Gasteiger partial charge in [0, 0.05) is 33.9 Å². The Bertz CT molecular complexity index is 1210. The normalized spacial score (nSPS) is 11.4. The number of sulfonamides is 1. The first-order valence-electron chi connectivity index (χ1n) is 9.47. The molecule has 11 nitrogen and oxygen atoms in total. The van der Waals surface area contributed by atoms with Crippen molar-refractivity contribution in [3.05, 3.63) is 53.4 Å². The summed E-state index contributed by atoms with van der Waals surface area (Å²) in [7, 11) is 0.913. The van der Waals surface area contributed by atoms with Crippen LogP contribution in [-0.4, -0.2) is 59.5 Å². The van der Waals surface area contributed by atoms with Crippen LogP contribution in [0.15, 0.2) is 47.8 Å². The highest BCUT2D eigenvalue weighted by Crippen LogP contribution is 2.24. The van der Waals surface area contributed by atoms with Crippen molar-refractivity contribution in [2.45, 2.75) is 18.0 Å². The third-order valence-corrected chi connectivity index (χ3v) is 6.59. The number of rotatable bonds is 9. The molecule has 3 rings (SSSR count). The number of carbonyl (C=O) groups is 1. The van der Waals surface area contributed by atoms with Crippen LogP contribution in [0.4, 0.5) is 17.5 Å². The molecule has 2 heterocycles. The molecule has 0 unspecified atom stereocenters. The van der Waals surface area contributed by atoms with E-state index in [2.05, 4.69) is 31.0 Å². The Morgan fingerprint density at radius 1 is 1.22 bits per heavy atom. The molecule has 1 aromatic carbocycles. The quantitative estimate of drug-likeness (QED) is 0.423. The molecule has 13 heteroatoms. The molecule has 32 heavy (non-hydrogen) atoms. The fourth-order valence-corrected chi connectivity index (χ4v) is 3.97. The summed E-state index contributed by atoms with van der Waals surface area (Å²) >= 11 is 6.22. The maximum Gasteiger partial charge on any atom is 0.242 e. The first kappa shape index (κ1) is 23.4. The van der Waals surface area contributed by atoms with Crippen LogP contribution < -0.4 is 16.0 Å². The summed E-state index contributed by atoms with van der Waals surface area (Å²) < 4.78 is 27.8. The fourth-order valence-electron chi connectivity index (χ4n) is 2.70. The van der Waals surface area contributed by atoms with Gasteiger partial charge in [0.2, 0.25) is 21.9 Å². The van der Waals surface area contributed by atoms with Gasteiger partial charge in [0.25, 0.3) is 0 Å². The van der Waals surface area contributed by atoms with Crippen molar-refractivity contribution in [1.82, 2.24) is 29.4 Å². The van der Waals surface area contributed by atoms with Crippen molar-refractivity contribution >= 4 is 45.0 Å². The average Bonchev–Trinajstić information content (AvgIpc) is 3.20. The Kier molecular flexibility index (Phi) is 7.28. The number of likely N-dealkylation sites (N-methyl/N-ethyl adjacent to an activating group) is 1. The average molecular weight is 479 g/mol. The Balaban J connectivity index is 1.75. The maximum atomic E-state index is 12.6. The van der Waals surface area contributed by atoms with E-state index < -0.39 is 10.0 Å². The van der Waals surface area contributed by atoms with E-state index in [1.807, 2.05) is 0 Å². The molecule has 170 valence electrons. The van der Waals surface area contributed by atoms with E-state index in [4.69, 9.17) is 11.6 Å². The smallest absolute Gasteiger partial charge is 0.242 e. The van der Waals surface area contributed by atoms with Gasteiger partial charge in [-0.05, 0) is 11.6 Å². The molecular formula is C19H23ClN8O3S. The number of nitrogens with zero attached hydrogens (tertiary/aromatic N) is 5. The fraction of sp³-hybridized carbons (Fsp3) is 0.263. The summed E-state index contributed by atoms with van der Waals surface area (Å²) in [6.45, 7) is 0.269. The summed E-state index contributed by atoms with van der Waals surface area (Å²) in [5.74, 6) is 0.412. The van der Waals surface area contributed by atoms with Crippen LogP contribution >= 0.6 is 11.6 Å². The van der Waals surface area contributed by atoms with E-state index in [9.17, 15) is 13.2 Å². The van der Waals surface area contributed by atoms with Crippen molar-refractivity contribution in [2.75, 3.05) is 31.8 Å². The zero-order chi connectivity index (χ0) is 23.3. The van der Waals surface area contributed by atoms with Crippen molar-refractivity contribution < 1.29 is 13.2 Å². The lowest BCUT2D eigenvalue weighted by Gasteiger charge is -2.16. The lowest BCUT2D eigenvalue weighted by molar-refractivity contribution is -0.121. The maximum absolute atomic E-state index is 12.6.